The molecular weight excluding hydrogens is 356 g/mol. The predicted octanol–water partition coefficient (Wildman–Crippen LogP) is 2.98. The summed E-state index contributed by atoms with van der Waals surface area (Å²) < 4.78 is 33.1. The maximum Gasteiger partial charge on any atom is 0.243 e. The monoisotopic (exact) mass is 370 g/mol. The van der Waals surface area contributed by atoms with Crippen LogP contribution in [0.5, 0.6) is 0 Å². The molecule has 0 bridgehead atoms. The average molecular weight is 371 g/mol. The van der Waals surface area contributed by atoms with Gasteiger partial charge in [-0.15, -0.1) is 0 Å². The number of nitrogen functional groups attached to an aromatic ring is 1. The number of nitrogens with zero attached hydrogens (tertiary/aromatic N) is 1. The summed E-state index contributed by atoms with van der Waals surface area (Å²) in [6.07, 6.45) is 3.31. The fraction of sp³-hybridized carbons (Fsp3) is 0.286. The van der Waals surface area contributed by atoms with Crippen molar-refractivity contribution in [2.75, 3.05) is 5.73 Å². The molecule has 1 saturated carbocycles. The first-order valence-corrected chi connectivity index (χ1v) is 8.81. The van der Waals surface area contributed by atoms with Crippen LogP contribution in [0.4, 0.5) is 5.69 Å². The Kier molecular flexibility index (Phi) is 3.81. The van der Waals surface area contributed by atoms with E-state index in [1.54, 1.807) is 30.5 Å². The Morgan fingerprint density at radius 1 is 1.33 bits per heavy atom. The van der Waals surface area contributed by atoms with Gasteiger partial charge in [0.25, 0.3) is 0 Å². The molecule has 1 aromatic heterocycles. The molecule has 7 heteroatoms. The third-order valence-corrected chi connectivity index (χ3v) is 6.04. The van der Waals surface area contributed by atoms with Gasteiger partial charge in [0.1, 0.15) is 5.76 Å². The van der Waals surface area contributed by atoms with Gasteiger partial charge in [0.05, 0.1) is 17.7 Å². The van der Waals surface area contributed by atoms with Gasteiger partial charge in [-0.25, -0.2) is 8.42 Å². The molecule has 21 heavy (non-hydrogen) atoms. The summed E-state index contributed by atoms with van der Waals surface area (Å²) in [5, 5.41) is 0. The number of halogens is 1. The van der Waals surface area contributed by atoms with Gasteiger partial charge in [0.2, 0.25) is 10.0 Å². The van der Waals surface area contributed by atoms with Crippen molar-refractivity contribution >= 4 is 31.6 Å². The van der Waals surface area contributed by atoms with Crippen LogP contribution in [0.1, 0.15) is 18.6 Å². The Morgan fingerprint density at radius 3 is 2.67 bits per heavy atom. The van der Waals surface area contributed by atoms with Crippen LogP contribution >= 0.6 is 15.9 Å². The molecule has 5 nitrogen and oxygen atoms in total. The number of hydrogen-bond acceptors (Lipinski definition) is 4. The third kappa shape index (κ3) is 3.00. The maximum absolute atomic E-state index is 12.8. The highest BCUT2D eigenvalue weighted by molar-refractivity contribution is 9.10. The Bertz CT molecular complexity index is 740. The van der Waals surface area contributed by atoms with E-state index < -0.39 is 10.0 Å². The van der Waals surface area contributed by atoms with Crippen LogP contribution < -0.4 is 5.73 Å². The van der Waals surface area contributed by atoms with Crippen molar-refractivity contribution in [1.82, 2.24) is 4.31 Å². The summed E-state index contributed by atoms with van der Waals surface area (Å²) in [6, 6.07) is 8.28. The second-order valence-corrected chi connectivity index (χ2v) is 7.79. The molecule has 0 spiro atoms. The fourth-order valence-corrected chi connectivity index (χ4v) is 4.08. The first kappa shape index (κ1) is 14.6. The Morgan fingerprint density at radius 2 is 2.10 bits per heavy atom. The third-order valence-electron chi connectivity index (χ3n) is 3.42. The van der Waals surface area contributed by atoms with E-state index in [1.807, 2.05) is 0 Å². The maximum atomic E-state index is 12.8. The molecule has 2 aromatic rings. The van der Waals surface area contributed by atoms with Gasteiger partial charge >= 0.3 is 0 Å². The zero-order valence-electron chi connectivity index (χ0n) is 11.2. The predicted molar refractivity (Wildman–Crippen MR) is 83.0 cm³/mol. The Hall–Kier alpha value is -1.31. The number of anilines is 1. The van der Waals surface area contributed by atoms with E-state index in [-0.39, 0.29) is 17.5 Å². The summed E-state index contributed by atoms with van der Waals surface area (Å²) in [7, 11) is -3.58. The minimum atomic E-state index is -3.58. The average Bonchev–Trinajstić information content (AvgIpc) is 3.15. The topological polar surface area (TPSA) is 76.5 Å². The zero-order valence-corrected chi connectivity index (χ0v) is 13.6. The highest BCUT2D eigenvalue weighted by atomic mass is 79.9. The molecule has 1 aliphatic rings. The van der Waals surface area contributed by atoms with E-state index in [9.17, 15) is 8.42 Å². The molecule has 1 aromatic carbocycles. The van der Waals surface area contributed by atoms with Crippen LogP contribution in [-0.4, -0.2) is 18.8 Å². The van der Waals surface area contributed by atoms with Crippen molar-refractivity contribution in [2.45, 2.75) is 30.3 Å². The molecule has 1 fully saturated rings. The molecular formula is C14H15BrN2O3S. The van der Waals surface area contributed by atoms with Crippen molar-refractivity contribution in [2.24, 2.45) is 0 Å². The summed E-state index contributed by atoms with van der Waals surface area (Å²) in [5.74, 6) is 0.635. The number of benzene rings is 1. The van der Waals surface area contributed by atoms with Gasteiger partial charge in [0.15, 0.2) is 0 Å². The molecule has 0 atom stereocenters. The van der Waals surface area contributed by atoms with Gasteiger partial charge in [-0.05, 0) is 59.1 Å². The highest BCUT2D eigenvalue weighted by Crippen LogP contribution is 2.34. The van der Waals surface area contributed by atoms with Crippen LogP contribution in [0.3, 0.4) is 0 Å². The molecule has 0 radical (unpaired) electrons. The Balaban J connectivity index is 1.95. The lowest BCUT2D eigenvalue weighted by molar-refractivity contribution is 0.356. The standard InChI is InChI=1S/C14H15BrN2O3S/c15-13-6-5-12(8-14(13)16)21(18,19)17(10-3-4-10)9-11-2-1-7-20-11/h1-2,5-8,10H,3-4,9,16H2. The summed E-state index contributed by atoms with van der Waals surface area (Å²) >= 11 is 3.27. The first-order chi connectivity index (χ1) is 9.98. The molecule has 1 heterocycles. The number of rotatable bonds is 5. The van der Waals surface area contributed by atoms with Crippen molar-refractivity contribution in [3.8, 4) is 0 Å². The second-order valence-electron chi connectivity index (χ2n) is 5.04. The largest absolute Gasteiger partial charge is 0.468 e. The van der Waals surface area contributed by atoms with Crippen LogP contribution in [0.25, 0.3) is 0 Å². The van der Waals surface area contributed by atoms with Gasteiger partial charge in [-0.2, -0.15) is 4.31 Å². The second kappa shape index (κ2) is 5.47. The van der Waals surface area contributed by atoms with Gasteiger partial charge in [-0.1, -0.05) is 0 Å². The summed E-state index contributed by atoms with van der Waals surface area (Å²) in [6.45, 7) is 0.246. The lowest BCUT2D eigenvalue weighted by Gasteiger charge is -2.21. The summed E-state index contributed by atoms with van der Waals surface area (Å²) in [4.78, 5) is 0.210. The van der Waals surface area contributed by atoms with Crippen molar-refractivity contribution in [3.05, 3.63) is 46.8 Å². The molecule has 0 unspecified atom stereocenters. The molecule has 112 valence electrons. The fourth-order valence-electron chi connectivity index (χ4n) is 2.15. The number of furan rings is 1. The number of sulfonamides is 1. The van der Waals surface area contributed by atoms with E-state index in [4.69, 9.17) is 10.2 Å². The van der Waals surface area contributed by atoms with Crippen molar-refractivity contribution in [3.63, 3.8) is 0 Å². The molecule has 0 saturated heterocycles. The minimum absolute atomic E-state index is 0.0463. The van der Waals surface area contributed by atoms with Crippen LogP contribution in [-0.2, 0) is 16.6 Å². The molecule has 0 aliphatic heterocycles. The quantitative estimate of drug-likeness (QED) is 0.820. The SMILES string of the molecule is Nc1cc(S(=O)(=O)N(Cc2ccco2)C2CC2)ccc1Br. The van der Waals surface area contributed by atoms with E-state index in [0.717, 1.165) is 12.8 Å². The van der Waals surface area contributed by atoms with E-state index in [2.05, 4.69) is 15.9 Å². The van der Waals surface area contributed by atoms with Gasteiger partial charge in [0, 0.05) is 16.2 Å². The number of nitrogens with two attached hydrogens (primary N) is 1. The molecule has 2 N–H and O–H groups in total. The van der Waals surface area contributed by atoms with E-state index in [1.165, 1.54) is 10.4 Å². The molecule has 1 aliphatic carbocycles. The van der Waals surface area contributed by atoms with Gasteiger partial charge in [-0.3, -0.25) is 0 Å². The molecule has 3 rings (SSSR count). The summed E-state index contributed by atoms with van der Waals surface area (Å²) in [5.41, 5.74) is 6.20. The first-order valence-electron chi connectivity index (χ1n) is 6.58. The van der Waals surface area contributed by atoms with Crippen LogP contribution in [0.15, 0.2) is 50.4 Å². The highest BCUT2D eigenvalue weighted by Gasteiger charge is 2.38. The van der Waals surface area contributed by atoms with Gasteiger partial charge < -0.3 is 10.2 Å². The van der Waals surface area contributed by atoms with Crippen LogP contribution in [0, 0.1) is 0 Å². The Labute approximate surface area is 131 Å². The van der Waals surface area contributed by atoms with E-state index in [0.29, 0.717) is 15.9 Å². The lowest BCUT2D eigenvalue weighted by Crippen LogP contribution is -2.32. The molecule has 0 amide bonds. The van der Waals surface area contributed by atoms with Crippen LogP contribution in [0.2, 0.25) is 0 Å². The van der Waals surface area contributed by atoms with Crippen molar-refractivity contribution in [1.29, 1.82) is 0 Å². The minimum Gasteiger partial charge on any atom is -0.468 e. The zero-order chi connectivity index (χ0) is 15.0. The number of hydrogen-bond donors (Lipinski definition) is 1. The smallest absolute Gasteiger partial charge is 0.243 e. The van der Waals surface area contributed by atoms with E-state index >= 15 is 0 Å². The lowest BCUT2D eigenvalue weighted by atomic mass is 10.3. The normalized spacial score (nSPS) is 15.5. The van der Waals surface area contributed by atoms with Crippen molar-refractivity contribution < 1.29 is 12.8 Å².